The highest BCUT2D eigenvalue weighted by Crippen LogP contribution is 2.38. The molecule has 3 aromatic carbocycles. The Labute approximate surface area is 194 Å². The molecule has 0 spiro atoms. The van der Waals surface area contributed by atoms with Gasteiger partial charge in [0.1, 0.15) is 5.75 Å². The molecule has 0 atom stereocenters. The molecule has 1 heterocycles. The first-order valence-corrected chi connectivity index (χ1v) is 11.6. The van der Waals surface area contributed by atoms with Gasteiger partial charge in [0.15, 0.2) is 5.75 Å². The first-order chi connectivity index (χ1) is 14.8. The van der Waals surface area contributed by atoms with Crippen molar-refractivity contribution >= 4 is 50.5 Å². The van der Waals surface area contributed by atoms with E-state index in [2.05, 4.69) is 4.72 Å². The topological polar surface area (TPSA) is 60.3 Å². The van der Waals surface area contributed by atoms with E-state index in [9.17, 15) is 8.42 Å². The minimum absolute atomic E-state index is 0.0555. The van der Waals surface area contributed by atoms with Crippen LogP contribution in [0.2, 0.25) is 15.1 Å². The number of aromatic nitrogens is 1. The van der Waals surface area contributed by atoms with E-state index >= 15 is 0 Å². The van der Waals surface area contributed by atoms with Crippen LogP contribution in [0.3, 0.4) is 0 Å². The molecule has 0 saturated heterocycles. The highest BCUT2D eigenvalue weighted by Gasteiger charge is 2.19. The van der Waals surface area contributed by atoms with Crippen molar-refractivity contribution in [3.05, 3.63) is 100 Å². The van der Waals surface area contributed by atoms with E-state index < -0.39 is 10.0 Å². The molecule has 158 valence electrons. The molecule has 0 aliphatic rings. The first kappa shape index (κ1) is 21.6. The molecule has 0 fully saturated rings. The van der Waals surface area contributed by atoms with E-state index in [0.717, 1.165) is 0 Å². The van der Waals surface area contributed by atoms with Crippen LogP contribution >= 0.6 is 34.8 Å². The Hall–Kier alpha value is -2.64. The SMILES string of the molecule is O=S(=O)(Nc1cc(Cl)c(-n2cccc2)cc1Oc1ccc(Cl)cc1)c1ccc(Cl)cc1. The lowest BCUT2D eigenvalue weighted by molar-refractivity contribution is 0.484. The lowest BCUT2D eigenvalue weighted by Gasteiger charge is -2.17. The van der Waals surface area contributed by atoms with Gasteiger partial charge in [-0.15, -0.1) is 0 Å². The monoisotopic (exact) mass is 492 g/mol. The smallest absolute Gasteiger partial charge is 0.262 e. The summed E-state index contributed by atoms with van der Waals surface area (Å²) in [5, 5.41) is 1.33. The van der Waals surface area contributed by atoms with Crippen molar-refractivity contribution in [3.8, 4) is 17.2 Å². The van der Waals surface area contributed by atoms with Crippen LogP contribution in [0.4, 0.5) is 5.69 Å². The van der Waals surface area contributed by atoms with Crippen molar-refractivity contribution in [2.75, 3.05) is 4.72 Å². The number of hydrogen-bond donors (Lipinski definition) is 1. The van der Waals surface area contributed by atoms with E-state index in [-0.39, 0.29) is 16.3 Å². The van der Waals surface area contributed by atoms with Crippen molar-refractivity contribution < 1.29 is 13.2 Å². The average molecular weight is 494 g/mol. The second-order valence-corrected chi connectivity index (χ2v) is 9.47. The first-order valence-electron chi connectivity index (χ1n) is 9.00. The number of rotatable bonds is 6. The molecule has 4 aromatic rings. The van der Waals surface area contributed by atoms with E-state index in [1.165, 1.54) is 30.3 Å². The van der Waals surface area contributed by atoms with E-state index in [0.29, 0.717) is 26.5 Å². The van der Waals surface area contributed by atoms with Crippen LogP contribution in [0.1, 0.15) is 0 Å². The lowest BCUT2D eigenvalue weighted by Crippen LogP contribution is -2.13. The Bertz CT molecular complexity index is 1310. The molecule has 4 rings (SSSR count). The zero-order valence-electron chi connectivity index (χ0n) is 15.8. The number of hydrogen-bond acceptors (Lipinski definition) is 3. The van der Waals surface area contributed by atoms with Gasteiger partial charge in [-0.1, -0.05) is 34.8 Å². The van der Waals surface area contributed by atoms with Crippen LogP contribution in [0.5, 0.6) is 11.5 Å². The third kappa shape index (κ3) is 4.99. The summed E-state index contributed by atoms with van der Waals surface area (Å²) in [6.45, 7) is 0. The molecular formula is C22H15Cl3N2O3S. The molecule has 0 radical (unpaired) electrons. The Kier molecular flexibility index (Phi) is 6.16. The zero-order valence-corrected chi connectivity index (χ0v) is 18.9. The van der Waals surface area contributed by atoms with Gasteiger partial charge in [-0.3, -0.25) is 4.72 Å². The minimum atomic E-state index is -3.91. The number of nitrogens with zero attached hydrogens (tertiary/aromatic N) is 1. The van der Waals surface area contributed by atoms with Gasteiger partial charge >= 0.3 is 0 Å². The fraction of sp³-hybridized carbons (Fsp3) is 0. The molecule has 0 bridgehead atoms. The summed E-state index contributed by atoms with van der Waals surface area (Å²) in [6.07, 6.45) is 3.65. The molecule has 9 heteroatoms. The summed E-state index contributed by atoms with van der Waals surface area (Å²) in [6, 6.07) is 19.4. The van der Waals surface area contributed by atoms with Crippen molar-refractivity contribution in [1.29, 1.82) is 0 Å². The average Bonchev–Trinajstić information content (AvgIpc) is 3.26. The van der Waals surface area contributed by atoms with Crippen LogP contribution in [0, 0.1) is 0 Å². The van der Waals surface area contributed by atoms with Crippen molar-refractivity contribution in [3.63, 3.8) is 0 Å². The number of sulfonamides is 1. The van der Waals surface area contributed by atoms with E-state index in [1.54, 1.807) is 34.9 Å². The molecule has 31 heavy (non-hydrogen) atoms. The predicted octanol–water partition coefficient (Wildman–Crippen LogP) is 7.03. The molecule has 0 aliphatic carbocycles. The number of nitrogens with one attached hydrogen (secondary N) is 1. The van der Waals surface area contributed by atoms with Crippen LogP contribution in [-0.4, -0.2) is 13.0 Å². The third-order valence-corrected chi connectivity index (χ3v) is 6.53. The van der Waals surface area contributed by atoms with Gasteiger partial charge in [0, 0.05) is 28.5 Å². The lowest BCUT2D eigenvalue weighted by atomic mass is 10.2. The Morgan fingerprint density at radius 3 is 2.00 bits per heavy atom. The Balaban J connectivity index is 1.77. The second kappa shape index (κ2) is 8.85. The maximum Gasteiger partial charge on any atom is 0.262 e. The van der Waals surface area contributed by atoms with E-state index in [4.69, 9.17) is 39.5 Å². The van der Waals surface area contributed by atoms with Crippen molar-refractivity contribution in [2.45, 2.75) is 4.90 Å². The summed E-state index contributed by atoms with van der Waals surface area (Å²) in [5.74, 6) is 0.755. The summed E-state index contributed by atoms with van der Waals surface area (Å²) in [4.78, 5) is 0.0555. The summed E-state index contributed by atoms with van der Waals surface area (Å²) < 4.78 is 36.2. The zero-order chi connectivity index (χ0) is 22.0. The molecule has 1 aromatic heterocycles. The molecule has 1 N–H and O–H groups in total. The quantitative estimate of drug-likeness (QED) is 0.314. The highest BCUT2D eigenvalue weighted by atomic mass is 35.5. The minimum Gasteiger partial charge on any atom is -0.455 e. The van der Waals surface area contributed by atoms with Gasteiger partial charge < -0.3 is 9.30 Å². The fourth-order valence-electron chi connectivity index (χ4n) is 2.85. The summed E-state index contributed by atoms with van der Waals surface area (Å²) >= 11 is 18.3. The number of anilines is 1. The maximum absolute atomic E-state index is 12.9. The highest BCUT2D eigenvalue weighted by molar-refractivity contribution is 7.92. The van der Waals surface area contributed by atoms with E-state index in [1.807, 2.05) is 24.5 Å². The Morgan fingerprint density at radius 1 is 0.806 bits per heavy atom. The van der Waals surface area contributed by atoms with Crippen LogP contribution in [0.15, 0.2) is 90.1 Å². The number of halogens is 3. The van der Waals surface area contributed by atoms with Gasteiger partial charge in [-0.2, -0.15) is 0 Å². The van der Waals surface area contributed by atoms with Gasteiger partial charge in [-0.25, -0.2) is 8.42 Å². The maximum atomic E-state index is 12.9. The largest absolute Gasteiger partial charge is 0.455 e. The van der Waals surface area contributed by atoms with Crippen molar-refractivity contribution in [2.24, 2.45) is 0 Å². The summed E-state index contributed by atoms with van der Waals surface area (Å²) in [7, 11) is -3.91. The molecular weight excluding hydrogens is 479 g/mol. The van der Waals surface area contributed by atoms with Crippen molar-refractivity contribution in [1.82, 2.24) is 4.57 Å². The Morgan fingerprint density at radius 2 is 1.39 bits per heavy atom. The number of benzene rings is 3. The normalized spacial score (nSPS) is 11.3. The molecule has 0 amide bonds. The van der Waals surface area contributed by atoms with Crippen LogP contribution in [0.25, 0.3) is 5.69 Å². The van der Waals surface area contributed by atoms with Gasteiger partial charge in [-0.05, 0) is 66.7 Å². The molecule has 5 nitrogen and oxygen atoms in total. The van der Waals surface area contributed by atoms with Gasteiger partial charge in [0.25, 0.3) is 10.0 Å². The predicted molar refractivity (Wildman–Crippen MR) is 125 cm³/mol. The number of ether oxygens (including phenoxy) is 1. The van der Waals surface area contributed by atoms with Crippen LogP contribution < -0.4 is 9.46 Å². The van der Waals surface area contributed by atoms with Gasteiger partial charge in [0.2, 0.25) is 0 Å². The third-order valence-electron chi connectivity index (χ3n) is 4.34. The molecule has 0 unspecified atom stereocenters. The molecule has 0 saturated carbocycles. The van der Waals surface area contributed by atoms with Crippen LogP contribution in [-0.2, 0) is 10.0 Å². The molecule has 0 aliphatic heterocycles. The standard InChI is InChI=1S/C22H15Cl3N2O3S/c23-15-3-7-17(8-4-15)30-22-14-21(27-11-1-2-12-27)19(25)13-20(22)26-31(28,29)18-9-5-16(24)6-10-18/h1-14,26H. The van der Waals surface area contributed by atoms with Gasteiger partial charge in [0.05, 0.1) is 21.3 Å². The summed E-state index contributed by atoms with van der Waals surface area (Å²) in [5.41, 5.74) is 0.816. The second-order valence-electron chi connectivity index (χ2n) is 6.51. The fourth-order valence-corrected chi connectivity index (χ4v) is 4.42.